The predicted octanol–water partition coefficient (Wildman–Crippen LogP) is 2.98. The summed E-state index contributed by atoms with van der Waals surface area (Å²) in [6.45, 7) is 7.84. The molecule has 1 aromatic carbocycles. The zero-order valence-electron chi connectivity index (χ0n) is 18.3. The number of hydrogen-bond acceptors (Lipinski definition) is 4. The number of fused-ring (bicyclic) bond motifs is 2. The highest BCUT2D eigenvalue weighted by molar-refractivity contribution is 5.88. The standard InChI is InChI=1S/C24H34N4O2/c1-17(2)16-28-24(30)20-10-4-3-9-19(20)21(26-28)14-23(29)25-15-18-8-7-13-27-12-6-5-11-22(18)27/h3-4,9-10,17-18,22H,5-8,11-16H2,1-2H3,(H,25,29)/t18-,22-/m0/s1. The maximum atomic E-state index is 12.8. The molecule has 30 heavy (non-hydrogen) atoms. The summed E-state index contributed by atoms with van der Waals surface area (Å²) in [5.74, 6) is 0.848. The molecule has 2 aliphatic rings. The van der Waals surface area contributed by atoms with Crippen LogP contribution in [0.5, 0.6) is 0 Å². The van der Waals surface area contributed by atoms with E-state index in [2.05, 4.69) is 29.2 Å². The fourth-order valence-corrected chi connectivity index (χ4v) is 5.18. The molecule has 0 unspecified atom stereocenters. The first-order valence-corrected chi connectivity index (χ1v) is 11.5. The molecule has 6 nitrogen and oxygen atoms in total. The SMILES string of the molecule is CC(C)Cn1nc(CC(=O)NC[C@@H]2CCCN3CCCC[C@@H]23)c2ccccc2c1=O. The Bertz CT molecular complexity index is 950. The fraction of sp³-hybridized carbons (Fsp3) is 0.625. The van der Waals surface area contributed by atoms with Crippen molar-refractivity contribution in [3.63, 3.8) is 0 Å². The van der Waals surface area contributed by atoms with Gasteiger partial charge in [0.25, 0.3) is 5.56 Å². The van der Waals surface area contributed by atoms with Crippen molar-refractivity contribution in [1.29, 1.82) is 0 Å². The summed E-state index contributed by atoms with van der Waals surface area (Å²) in [6, 6.07) is 8.12. The van der Waals surface area contributed by atoms with Crippen molar-refractivity contribution in [2.75, 3.05) is 19.6 Å². The molecule has 0 radical (unpaired) electrons. The number of nitrogens with zero attached hydrogens (tertiary/aromatic N) is 3. The molecule has 162 valence electrons. The lowest BCUT2D eigenvalue weighted by Crippen LogP contribution is -2.51. The van der Waals surface area contributed by atoms with Gasteiger partial charge in [0.2, 0.25) is 5.91 Å². The second-order valence-electron chi connectivity index (χ2n) is 9.36. The zero-order chi connectivity index (χ0) is 21.1. The van der Waals surface area contributed by atoms with Crippen LogP contribution in [0.1, 0.15) is 51.6 Å². The summed E-state index contributed by atoms with van der Waals surface area (Å²) in [4.78, 5) is 28.2. The molecule has 1 N–H and O–H groups in total. The smallest absolute Gasteiger partial charge is 0.274 e. The van der Waals surface area contributed by atoms with Crippen LogP contribution in [0.25, 0.3) is 10.8 Å². The minimum absolute atomic E-state index is 0.00432. The molecular formula is C24H34N4O2. The number of carbonyl (C=O) groups excluding carboxylic acids is 1. The molecule has 3 heterocycles. The molecule has 0 aliphatic carbocycles. The first-order valence-electron chi connectivity index (χ1n) is 11.5. The average molecular weight is 411 g/mol. The van der Waals surface area contributed by atoms with Gasteiger partial charge in [0.1, 0.15) is 0 Å². The largest absolute Gasteiger partial charge is 0.355 e. The monoisotopic (exact) mass is 410 g/mol. The number of amides is 1. The summed E-state index contributed by atoms with van der Waals surface area (Å²) in [5.41, 5.74) is 0.606. The van der Waals surface area contributed by atoms with Gasteiger partial charge < -0.3 is 10.2 Å². The Balaban J connectivity index is 1.47. The third-order valence-corrected chi connectivity index (χ3v) is 6.60. The van der Waals surface area contributed by atoms with Gasteiger partial charge in [-0.25, -0.2) is 4.68 Å². The van der Waals surface area contributed by atoms with E-state index in [4.69, 9.17) is 0 Å². The van der Waals surface area contributed by atoms with E-state index in [0.29, 0.717) is 35.5 Å². The topological polar surface area (TPSA) is 67.2 Å². The Morgan fingerprint density at radius 1 is 1.13 bits per heavy atom. The van der Waals surface area contributed by atoms with E-state index in [1.807, 2.05) is 24.3 Å². The normalized spacial score (nSPS) is 22.2. The van der Waals surface area contributed by atoms with E-state index >= 15 is 0 Å². The lowest BCUT2D eigenvalue weighted by Gasteiger charge is -2.44. The van der Waals surface area contributed by atoms with Gasteiger partial charge in [-0.05, 0) is 56.7 Å². The number of carbonyl (C=O) groups is 1. The molecule has 0 saturated carbocycles. The number of benzene rings is 1. The highest BCUT2D eigenvalue weighted by Gasteiger charge is 2.32. The van der Waals surface area contributed by atoms with Crippen LogP contribution in [0.15, 0.2) is 29.1 Å². The highest BCUT2D eigenvalue weighted by atomic mass is 16.1. The van der Waals surface area contributed by atoms with Gasteiger partial charge in [-0.15, -0.1) is 0 Å². The van der Waals surface area contributed by atoms with Crippen LogP contribution in [0.3, 0.4) is 0 Å². The summed E-state index contributed by atoms with van der Waals surface area (Å²) in [6.07, 6.45) is 6.50. The van der Waals surface area contributed by atoms with Gasteiger partial charge in [-0.2, -0.15) is 5.10 Å². The van der Waals surface area contributed by atoms with Crippen LogP contribution in [0.4, 0.5) is 0 Å². The van der Waals surface area contributed by atoms with Gasteiger partial charge >= 0.3 is 0 Å². The Morgan fingerprint density at radius 3 is 2.70 bits per heavy atom. The van der Waals surface area contributed by atoms with Crippen molar-refractivity contribution in [2.45, 2.75) is 65.0 Å². The Labute approximate surface area is 178 Å². The molecule has 2 saturated heterocycles. The minimum atomic E-state index is -0.0805. The van der Waals surface area contributed by atoms with E-state index < -0.39 is 0 Å². The van der Waals surface area contributed by atoms with Crippen LogP contribution in [-0.2, 0) is 17.8 Å². The molecule has 2 aliphatic heterocycles. The summed E-state index contributed by atoms with van der Waals surface area (Å²) >= 11 is 0. The molecule has 2 fully saturated rings. The number of nitrogens with one attached hydrogen (secondary N) is 1. The highest BCUT2D eigenvalue weighted by Crippen LogP contribution is 2.30. The van der Waals surface area contributed by atoms with Crippen molar-refractivity contribution in [3.8, 4) is 0 Å². The Hall–Kier alpha value is -2.21. The summed E-state index contributed by atoms with van der Waals surface area (Å²) < 4.78 is 1.52. The van der Waals surface area contributed by atoms with Crippen LogP contribution in [0, 0.1) is 11.8 Å². The molecule has 0 spiro atoms. The van der Waals surface area contributed by atoms with Gasteiger partial charge in [0, 0.05) is 24.5 Å². The van der Waals surface area contributed by atoms with Crippen molar-refractivity contribution in [1.82, 2.24) is 20.0 Å². The molecule has 1 aromatic heterocycles. The molecular weight excluding hydrogens is 376 g/mol. The first-order chi connectivity index (χ1) is 14.5. The third kappa shape index (κ3) is 4.59. The zero-order valence-corrected chi connectivity index (χ0v) is 18.3. The lowest BCUT2D eigenvalue weighted by molar-refractivity contribution is -0.120. The van der Waals surface area contributed by atoms with Gasteiger partial charge in [-0.1, -0.05) is 38.5 Å². The predicted molar refractivity (Wildman–Crippen MR) is 119 cm³/mol. The van der Waals surface area contributed by atoms with Gasteiger partial charge in [-0.3, -0.25) is 9.59 Å². The lowest BCUT2D eigenvalue weighted by atomic mass is 9.83. The van der Waals surface area contributed by atoms with Crippen molar-refractivity contribution in [3.05, 3.63) is 40.3 Å². The number of rotatable bonds is 6. The van der Waals surface area contributed by atoms with E-state index in [-0.39, 0.29) is 17.9 Å². The first kappa shape index (κ1) is 21.0. The van der Waals surface area contributed by atoms with Gasteiger partial charge in [0.15, 0.2) is 0 Å². The second-order valence-corrected chi connectivity index (χ2v) is 9.36. The van der Waals surface area contributed by atoms with E-state index in [1.54, 1.807) is 0 Å². The number of aromatic nitrogens is 2. The van der Waals surface area contributed by atoms with E-state index in [1.165, 1.54) is 49.9 Å². The summed E-state index contributed by atoms with van der Waals surface area (Å²) in [5, 5.41) is 9.18. The fourth-order valence-electron chi connectivity index (χ4n) is 5.18. The van der Waals surface area contributed by atoms with E-state index in [9.17, 15) is 9.59 Å². The molecule has 0 bridgehead atoms. The van der Waals surface area contributed by atoms with E-state index in [0.717, 1.165) is 11.9 Å². The Kier molecular flexibility index (Phi) is 6.52. The maximum absolute atomic E-state index is 12.8. The summed E-state index contributed by atoms with van der Waals surface area (Å²) in [7, 11) is 0. The second kappa shape index (κ2) is 9.29. The van der Waals surface area contributed by atoms with Crippen molar-refractivity contribution >= 4 is 16.7 Å². The van der Waals surface area contributed by atoms with Crippen molar-refractivity contribution in [2.24, 2.45) is 11.8 Å². The van der Waals surface area contributed by atoms with Crippen LogP contribution in [0.2, 0.25) is 0 Å². The molecule has 4 rings (SSSR count). The van der Waals surface area contributed by atoms with Crippen LogP contribution < -0.4 is 10.9 Å². The van der Waals surface area contributed by atoms with Crippen molar-refractivity contribution < 1.29 is 4.79 Å². The third-order valence-electron chi connectivity index (χ3n) is 6.60. The number of hydrogen-bond donors (Lipinski definition) is 1. The van der Waals surface area contributed by atoms with Gasteiger partial charge in [0.05, 0.1) is 17.5 Å². The number of piperidine rings is 2. The van der Waals surface area contributed by atoms with Crippen LogP contribution in [-0.4, -0.2) is 46.3 Å². The molecule has 2 atom stereocenters. The minimum Gasteiger partial charge on any atom is -0.355 e. The quantitative estimate of drug-likeness (QED) is 0.795. The molecule has 1 amide bonds. The molecule has 2 aromatic rings. The van der Waals surface area contributed by atoms with Crippen LogP contribution >= 0.6 is 0 Å². The molecule has 6 heteroatoms. The maximum Gasteiger partial charge on any atom is 0.274 e. The Morgan fingerprint density at radius 2 is 1.90 bits per heavy atom. The average Bonchev–Trinajstić information content (AvgIpc) is 2.75.